The fourth-order valence-electron chi connectivity index (χ4n) is 3.70. The largest absolute Gasteiger partial charge is 0.361 e. The van der Waals surface area contributed by atoms with E-state index < -0.39 is 0 Å². The Morgan fingerprint density at radius 3 is 2.43 bits per heavy atom. The van der Waals surface area contributed by atoms with Gasteiger partial charge >= 0.3 is 0 Å². The summed E-state index contributed by atoms with van der Waals surface area (Å²) >= 11 is 0. The summed E-state index contributed by atoms with van der Waals surface area (Å²) in [6.07, 6.45) is 1.60. The lowest BCUT2D eigenvalue weighted by Gasteiger charge is -2.31. The number of aryl methyl sites for hydroxylation is 1. The van der Waals surface area contributed by atoms with Crippen LogP contribution in [-0.2, 0) is 0 Å². The van der Waals surface area contributed by atoms with Crippen molar-refractivity contribution in [2.75, 3.05) is 13.1 Å². The van der Waals surface area contributed by atoms with Gasteiger partial charge in [0.2, 0.25) is 0 Å². The molecular formula is C23H22N2O3. The number of likely N-dealkylation sites (tertiary alicyclic amines) is 1. The number of carbonyl (C=O) groups excluding carboxylic acids is 2. The molecule has 0 radical (unpaired) electrons. The first kappa shape index (κ1) is 18.2. The lowest BCUT2D eigenvalue weighted by molar-refractivity contribution is 0.0628. The third kappa shape index (κ3) is 3.74. The molecule has 1 aliphatic rings. The Labute approximate surface area is 164 Å². The Kier molecular flexibility index (Phi) is 5.06. The predicted octanol–water partition coefficient (Wildman–Crippen LogP) is 4.39. The Morgan fingerprint density at radius 2 is 1.75 bits per heavy atom. The van der Waals surface area contributed by atoms with Crippen LogP contribution < -0.4 is 0 Å². The maximum atomic E-state index is 13.0. The number of benzene rings is 2. The minimum Gasteiger partial charge on any atom is -0.361 e. The maximum Gasteiger partial charge on any atom is 0.276 e. The Morgan fingerprint density at radius 1 is 1.04 bits per heavy atom. The van der Waals surface area contributed by atoms with Crippen molar-refractivity contribution in [3.63, 3.8) is 0 Å². The number of hydrogen-bond acceptors (Lipinski definition) is 4. The lowest BCUT2D eigenvalue weighted by Crippen LogP contribution is -2.42. The normalized spacial score (nSPS) is 16.8. The van der Waals surface area contributed by atoms with Gasteiger partial charge in [-0.1, -0.05) is 59.8 Å². The fourth-order valence-corrected chi connectivity index (χ4v) is 3.70. The highest BCUT2D eigenvalue weighted by atomic mass is 16.5. The number of Topliss-reactive ketones (excluding diaryl/α,β-unsaturated/α-hetero) is 1. The van der Waals surface area contributed by atoms with E-state index in [0.29, 0.717) is 30.1 Å². The third-order valence-corrected chi connectivity index (χ3v) is 5.20. The van der Waals surface area contributed by atoms with Gasteiger partial charge in [0.05, 0.1) is 0 Å². The van der Waals surface area contributed by atoms with Crippen LogP contribution >= 0.6 is 0 Å². The van der Waals surface area contributed by atoms with Crippen LogP contribution in [0.1, 0.15) is 39.4 Å². The Hall–Kier alpha value is -3.21. The van der Waals surface area contributed by atoms with Gasteiger partial charge in [-0.25, -0.2) is 0 Å². The second-order valence-electron chi connectivity index (χ2n) is 7.22. The van der Waals surface area contributed by atoms with Crippen molar-refractivity contribution in [1.82, 2.24) is 10.1 Å². The van der Waals surface area contributed by atoms with E-state index in [4.69, 9.17) is 4.52 Å². The molecule has 3 aromatic rings. The second kappa shape index (κ2) is 7.80. The van der Waals surface area contributed by atoms with Crippen molar-refractivity contribution in [3.8, 4) is 11.1 Å². The highest BCUT2D eigenvalue weighted by molar-refractivity contribution is 5.99. The molecule has 1 atom stereocenters. The summed E-state index contributed by atoms with van der Waals surface area (Å²) < 4.78 is 5.00. The summed E-state index contributed by atoms with van der Waals surface area (Å²) in [6, 6.07) is 19.4. The molecule has 0 N–H and O–H groups in total. The second-order valence-corrected chi connectivity index (χ2v) is 7.22. The number of nitrogens with zero attached hydrogens (tertiary/aromatic N) is 2. The van der Waals surface area contributed by atoms with E-state index in [1.165, 1.54) is 0 Å². The number of aromatic nitrogens is 1. The van der Waals surface area contributed by atoms with Crippen LogP contribution in [0.4, 0.5) is 0 Å². The van der Waals surface area contributed by atoms with Crippen molar-refractivity contribution < 1.29 is 14.1 Å². The van der Waals surface area contributed by atoms with Gasteiger partial charge in [0.1, 0.15) is 5.76 Å². The minimum absolute atomic E-state index is 0.0912. The zero-order valence-corrected chi connectivity index (χ0v) is 15.8. The predicted molar refractivity (Wildman–Crippen MR) is 106 cm³/mol. The molecule has 5 nitrogen and oxygen atoms in total. The molecule has 28 heavy (non-hydrogen) atoms. The van der Waals surface area contributed by atoms with Gasteiger partial charge in [0, 0.05) is 30.6 Å². The van der Waals surface area contributed by atoms with Gasteiger partial charge in [-0.05, 0) is 30.9 Å². The smallest absolute Gasteiger partial charge is 0.276 e. The summed E-state index contributed by atoms with van der Waals surface area (Å²) in [4.78, 5) is 27.3. The molecule has 0 unspecified atom stereocenters. The van der Waals surface area contributed by atoms with E-state index >= 15 is 0 Å². The van der Waals surface area contributed by atoms with Crippen LogP contribution in [0.5, 0.6) is 0 Å². The van der Waals surface area contributed by atoms with Crippen molar-refractivity contribution in [1.29, 1.82) is 0 Å². The molecule has 2 heterocycles. The fraction of sp³-hybridized carbons (Fsp3) is 0.261. The van der Waals surface area contributed by atoms with E-state index in [1.54, 1.807) is 17.9 Å². The van der Waals surface area contributed by atoms with E-state index in [9.17, 15) is 9.59 Å². The van der Waals surface area contributed by atoms with Crippen LogP contribution in [0, 0.1) is 12.8 Å². The lowest BCUT2D eigenvalue weighted by atomic mass is 9.89. The maximum absolute atomic E-state index is 13.0. The molecule has 1 aromatic heterocycles. The van der Waals surface area contributed by atoms with Gasteiger partial charge in [-0.3, -0.25) is 9.59 Å². The first-order valence-electron chi connectivity index (χ1n) is 9.54. The summed E-state index contributed by atoms with van der Waals surface area (Å²) in [5.41, 5.74) is 3.20. The van der Waals surface area contributed by atoms with Crippen LogP contribution in [0.25, 0.3) is 11.1 Å². The molecule has 0 aliphatic carbocycles. The molecular weight excluding hydrogens is 352 g/mol. The zero-order chi connectivity index (χ0) is 19.5. The SMILES string of the molecule is Cc1cc(C(=O)N2CCC[C@H](C(=O)c3ccc(-c4ccccc4)cc3)C2)no1. The number of piperidine rings is 1. The third-order valence-electron chi connectivity index (χ3n) is 5.20. The summed E-state index contributed by atoms with van der Waals surface area (Å²) in [5.74, 6) is 0.335. The molecule has 4 rings (SSSR count). The van der Waals surface area contributed by atoms with Crippen molar-refractivity contribution in [2.24, 2.45) is 5.92 Å². The summed E-state index contributed by atoms with van der Waals surface area (Å²) in [6.45, 7) is 2.82. The van der Waals surface area contributed by atoms with E-state index in [-0.39, 0.29) is 17.6 Å². The molecule has 0 saturated carbocycles. The van der Waals surface area contributed by atoms with Crippen LogP contribution in [0.2, 0.25) is 0 Å². The first-order chi connectivity index (χ1) is 13.6. The highest BCUT2D eigenvalue weighted by Gasteiger charge is 2.30. The van der Waals surface area contributed by atoms with Gasteiger partial charge in [0.15, 0.2) is 11.5 Å². The number of ketones is 1. The zero-order valence-electron chi connectivity index (χ0n) is 15.8. The number of rotatable bonds is 4. The molecule has 1 aliphatic heterocycles. The monoisotopic (exact) mass is 374 g/mol. The van der Waals surface area contributed by atoms with Crippen molar-refractivity contribution >= 4 is 11.7 Å². The van der Waals surface area contributed by atoms with Gasteiger partial charge in [0.25, 0.3) is 5.91 Å². The average molecular weight is 374 g/mol. The molecule has 1 saturated heterocycles. The average Bonchev–Trinajstić information content (AvgIpc) is 3.20. The van der Waals surface area contributed by atoms with E-state index in [0.717, 1.165) is 24.0 Å². The molecule has 0 spiro atoms. The first-order valence-corrected chi connectivity index (χ1v) is 9.54. The van der Waals surface area contributed by atoms with E-state index in [1.807, 2.05) is 54.6 Å². The van der Waals surface area contributed by atoms with Crippen LogP contribution in [0.15, 0.2) is 65.2 Å². The topological polar surface area (TPSA) is 63.4 Å². The minimum atomic E-state index is -0.187. The van der Waals surface area contributed by atoms with E-state index in [2.05, 4.69) is 5.16 Å². The van der Waals surface area contributed by atoms with Gasteiger partial charge in [-0.15, -0.1) is 0 Å². The molecule has 142 valence electrons. The summed E-state index contributed by atoms with van der Waals surface area (Å²) in [5, 5.41) is 3.81. The molecule has 0 bridgehead atoms. The van der Waals surface area contributed by atoms with Gasteiger partial charge < -0.3 is 9.42 Å². The van der Waals surface area contributed by atoms with Crippen molar-refractivity contribution in [2.45, 2.75) is 19.8 Å². The van der Waals surface area contributed by atoms with Crippen LogP contribution in [-0.4, -0.2) is 34.8 Å². The molecule has 1 fully saturated rings. The standard InChI is InChI=1S/C23H22N2O3/c1-16-14-21(24-28-16)23(27)25-13-5-8-20(15-25)22(26)19-11-9-18(10-12-19)17-6-3-2-4-7-17/h2-4,6-7,9-12,14,20H,5,8,13,15H2,1H3/t20-/m0/s1. The number of carbonyl (C=O) groups is 2. The van der Waals surface area contributed by atoms with Gasteiger partial charge in [-0.2, -0.15) is 0 Å². The molecule has 5 heteroatoms. The Balaban J connectivity index is 1.46. The quantitative estimate of drug-likeness (QED) is 0.636. The number of hydrogen-bond donors (Lipinski definition) is 0. The van der Waals surface area contributed by atoms with Crippen LogP contribution in [0.3, 0.4) is 0 Å². The summed E-state index contributed by atoms with van der Waals surface area (Å²) in [7, 11) is 0. The number of amides is 1. The molecule has 1 amide bonds. The van der Waals surface area contributed by atoms with Crippen molar-refractivity contribution in [3.05, 3.63) is 77.7 Å². The Bertz CT molecular complexity index is 977. The molecule has 2 aromatic carbocycles. The highest BCUT2D eigenvalue weighted by Crippen LogP contribution is 2.25.